The van der Waals surface area contributed by atoms with Gasteiger partial charge in [0, 0.05) is 22.6 Å². The Labute approximate surface area is 180 Å². The van der Waals surface area contributed by atoms with Gasteiger partial charge in [-0.2, -0.15) is 0 Å². The number of nitrogens with zero attached hydrogens (tertiary/aromatic N) is 3. The lowest BCUT2D eigenvalue weighted by Crippen LogP contribution is -2.37. The molecule has 0 aliphatic carbocycles. The first-order valence-corrected chi connectivity index (χ1v) is 10.2. The first-order chi connectivity index (χ1) is 14.8. The van der Waals surface area contributed by atoms with Gasteiger partial charge in [-0.05, 0) is 58.0 Å². The molecule has 1 aromatic carbocycles. The van der Waals surface area contributed by atoms with E-state index in [1.807, 2.05) is 61.7 Å². The van der Waals surface area contributed by atoms with Crippen LogP contribution < -0.4 is 4.90 Å². The van der Waals surface area contributed by atoms with E-state index in [-0.39, 0.29) is 18.2 Å². The van der Waals surface area contributed by atoms with E-state index in [0.717, 1.165) is 27.6 Å². The Hall–Kier alpha value is -3.61. The number of aryl methyl sites for hydroxylation is 2. The zero-order valence-electron chi connectivity index (χ0n) is 18.1. The summed E-state index contributed by atoms with van der Waals surface area (Å²) in [6.45, 7) is 7.64. The Morgan fingerprint density at radius 1 is 1.06 bits per heavy atom. The van der Waals surface area contributed by atoms with Crippen LogP contribution in [0, 0.1) is 20.8 Å². The highest BCUT2D eigenvalue weighted by atomic mass is 16.3. The Morgan fingerprint density at radius 3 is 2.42 bits per heavy atom. The predicted octanol–water partition coefficient (Wildman–Crippen LogP) is 4.09. The molecule has 0 radical (unpaired) electrons. The molecule has 3 aromatic rings. The van der Waals surface area contributed by atoms with E-state index in [1.54, 1.807) is 19.3 Å². The van der Waals surface area contributed by atoms with E-state index < -0.39 is 12.1 Å². The van der Waals surface area contributed by atoms with Gasteiger partial charge in [-0.1, -0.05) is 17.7 Å². The Morgan fingerprint density at radius 2 is 1.77 bits per heavy atom. The molecule has 1 aliphatic heterocycles. The van der Waals surface area contributed by atoms with Gasteiger partial charge in [0.25, 0.3) is 5.91 Å². The molecule has 31 heavy (non-hydrogen) atoms. The SMILES string of the molecule is Cc1ccc(N2C(=O)N(CC(=O)c3cc(C)n(Cc4ccco4)c3C)C(=O)[C@H]2C)cc1. The molecule has 160 valence electrons. The lowest BCUT2D eigenvalue weighted by atomic mass is 10.1. The monoisotopic (exact) mass is 419 g/mol. The van der Waals surface area contributed by atoms with E-state index in [9.17, 15) is 14.4 Å². The summed E-state index contributed by atoms with van der Waals surface area (Å²) in [7, 11) is 0. The number of anilines is 1. The van der Waals surface area contributed by atoms with Crippen molar-refractivity contribution in [2.24, 2.45) is 0 Å². The number of hydrogen-bond acceptors (Lipinski definition) is 4. The summed E-state index contributed by atoms with van der Waals surface area (Å²) in [5.74, 6) is 0.148. The van der Waals surface area contributed by atoms with Gasteiger partial charge in [0.05, 0.1) is 19.4 Å². The third-order valence-corrected chi connectivity index (χ3v) is 5.83. The van der Waals surface area contributed by atoms with Crippen molar-refractivity contribution in [2.45, 2.75) is 40.3 Å². The number of aromatic nitrogens is 1. The van der Waals surface area contributed by atoms with Crippen molar-refractivity contribution in [1.29, 1.82) is 0 Å². The highest BCUT2D eigenvalue weighted by molar-refractivity contribution is 6.16. The van der Waals surface area contributed by atoms with Gasteiger partial charge in [-0.15, -0.1) is 0 Å². The highest BCUT2D eigenvalue weighted by Gasteiger charge is 2.44. The van der Waals surface area contributed by atoms with Crippen LogP contribution in [0.2, 0.25) is 0 Å². The average molecular weight is 419 g/mol. The average Bonchev–Trinajstić information content (AvgIpc) is 3.41. The molecule has 3 heterocycles. The fourth-order valence-corrected chi connectivity index (χ4v) is 4.02. The number of ketones is 1. The Bertz CT molecular complexity index is 1140. The third-order valence-electron chi connectivity index (χ3n) is 5.83. The number of carbonyl (C=O) groups excluding carboxylic acids is 3. The minimum Gasteiger partial charge on any atom is -0.467 e. The van der Waals surface area contributed by atoms with E-state index in [0.29, 0.717) is 17.8 Å². The molecule has 7 heteroatoms. The first-order valence-electron chi connectivity index (χ1n) is 10.2. The molecule has 1 atom stereocenters. The largest absolute Gasteiger partial charge is 0.467 e. The summed E-state index contributed by atoms with van der Waals surface area (Å²) in [6.07, 6.45) is 1.61. The van der Waals surface area contributed by atoms with Crippen LogP contribution in [0.3, 0.4) is 0 Å². The maximum absolute atomic E-state index is 13.1. The maximum atomic E-state index is 13.1. The first kappa shape index (κ1) is 20.7. The van der Waals surface area contributed by atoms with Gasteiger partial charge in [0.15, 0.2) is 5.78 Å². The predicted molar refractivity (Wildman–Crippen MR) is 116 cm³/mol. The van der Waals surface area contributed by atoms with Crippen LogP contribution in [0.5, 0.6) is 0 Å². The minimum absolute atomic E-state index is 0.265. The molecule has 2 aromatic heterocycles. The fraction of sp³-hybridized carbons (Fsp3) is 0.292. The van der Waals surface area contributed by atoms with Crippen molar-refractivity contribution >= 4 is 23.4 Å². The van der Waals surface area contributed by atoms with Crippen molar-refractivity contribution < 1.29 is 18.8 Å². The topological polar surface area (TPSA) is 75.8 Å². The second-order valence-electron chi connectivity index (χ2n) is 7.96. The molecule has 7 nitrogen and oxygen atoms in total. The number of amides is 3. The van der Waals surface area contributed by atoms with Gasteiger partial charge in [-0.25, -0.2) is 4.79 Å². The molecule has 0 spiro atoms. The van der Waals surface area contributed by atoms with Crippen LogP contribution in [0.1, 0.15) is 40.0 Å². The van der Waals surface area contributed by atoms with Crippen LogP contribution in [0.25, 0.3) is 0 Å². The second-order valence-corrected chi connectivity index (χ2v) is 7.96. The minimum atomic E-state index is -0.658. The molecule has 4 rings (SSSR count). The van der Waals surface area contributed by atoms with E-state index >= 15 is 0 Å². The number of hydrogen-bond donors (Lipinski definition) is 0. The molecular formula is C24H25N3O4. The van der Waals surface area contributed by atoms with Crippen molar-refractivity contribution in [3.05, 3.63) is 77.0 Å². The smallest absolute Gasteiger partial charge is 0.332 e. The normalized spacial score (nSPS) is 16.5. The standard InChI is InChI=1S/C24H25N3O4/c1-15-7-9-19(10-8-15)27-18(4)23(29)26(24(27)30)14-22(28)21-12-16(2)25(17(21)3)13-20-6-5-11-31-20/h5-12,18H,13-14H2,1-4H3/t18-/m1/s1. The number of furan rings is 1. The van der Waals surface area contributed by atoms with Crippen molar-refractivity contribution in [3.63, 3.8) is 0 Å². The molecule has 1 aliphatic rings. The summed E-state index contributed by atoms with van der Waals surface area (Å²) in [6, 6.07) is 11.8. The Kier molecular flexibility index (Phi) is 5.27. The van der Waals surface area contributed by atoms with Gasteiger partial charge in [-0.3, -0.25) is 19.4 Å². The fourth-order valence-electron chi connectivity index (χ4n) is 4.02. The summed E-state index contributed by atoms with van der Waals surface area (Å²) in [5, 5.41) is 0. The van der Waals surface area contributed by atoms with Gasteiger partial charge in [0.2, 0.25) is 0 Å². The summed E-state index contributed by atoms with van der Waals surface area (Å²) < 4.78 is 7.40. The van der Waals surface area contributed by atoms with E-state index in [1.165, 1.54) is 4.90 Å². The number of urea groups is 1. The van der Waals surface area contributed by atoms with Gasteiger partial charge >= 0.3 is 6.03 Å². The highest BCUT2D eigenvalue weighted by Crippen LogP contribution is 2.27. The second kappa shape index (κ2) is 7.91. The van der Waals surface area contributed by atoms with E-state index in [4.69, 9.17) is 4.42 Å². The molecule has 1 saturated heterocycles. The number of rotatable bonds is 6. The van der Waals surface area contributed by atoms with Crippen LogP contribution in [0.4, 0.5) is 10.5 Å². The molecule has 0 bridgehead atoms. The lowest BCUT2D eigenvalue weighted by Gasteiger charge is -2.19. The van der Waals surface area contributed by atoms with Crippen LogP contribution in [-0.4, -0.2) is 39.8 Å². The number of imide groups is 1. The summed E-state index contributed by atoms with van der Waals surface area (Å²) in [5.41, 5.74) is 3.90. The maximum Gasteiger partial charge on any atom is 0.332 e. The summed E-state index contributed by atoms with van der Waals surface area (Å²) in [4.78, 5) is 41.4. The van der Waals surface area contributed by atoms with Crippen LogP contribution >= 0.6 is 0 Å². The van der Waals surface area contributed by atoms with E-state index in [2.05, 4.69) is 0 Å². The molecule has 0 unspecified atom stereocenters. The van der Waals surface area contributed by atoms with Gasteiger partial charge in [0.1, 0.15) is 11.8 Å². The molecular weight excluding hydrogens is 394 g/mol. The lowest BCUT2D eigenvalue weighted by molar-refractivity contribution is -0.126. The van der Waals surface area contributed by atoms with Crippen molar-refractivity contribution in [1.82, 2.24) is 9.47 Å². The zero-order chi connectivity index (χ0) is 22.3. The number of Topliss-reactive ketones (excluding diaryl/α,β-unsaturated/α-hetero) is 1. The molecule has 1 fully saturated rings. The van der Waals surface area contributed by atoms with Gasteiger partial charge < -0.3 is 8.98 Å². The van der Waals surface area contributed by atoms with Crippen LogP contribution in [-0.2, 0) is 11.3 Å². The molecule has 0 N–H and O–H groups in total. The Balaban J connectivity index is 1.55. The third kappa shape index (κ3) is 3.67. The van der Waals surface area contributed by atoms with Crippen molar-refractivity contribution in [3.8, 4) is 0 Å². The zero-order valence-corrected chi connectivity index (χ0v) is 18.1. The molecule has 3 amide bonds. The number of carbonyl (C=O) groups is 3. The molecule has 0 saturated carbocycles. The van der Waals surface area contributed by atoms with Crippen LogP contribution in [0.15, 0.2) is 53.1 Å². The summed E-state index contributed by atoms with van der Waals surface area (Å²) >= 11 is 0. The number of benzene rings is 1. The van der Waals surface area contributed by atoms with Crippen molar-refractivity contribution in [2.75, 3.05) is 11.4 Å². The quantitative estimate of drug-likeness (QED) is 0.445.